The van der Waals surface area contributed by atoms with Crippen LogP contribution < -0.4 is 0 Å². The molecule has 2 nitrogen and oxygen atoms in total. The monoisotopic (exact) mass is 320 g/mol. The Kier molecular flexibility index (Phi) is 5.01. The maximum absolute atomic E-state index is 13.5. The lowest BCUT2D eigenvalue weighted by atomic mass is 9.86. The molecule has 0 aromatic rings. The second kappa shape index (κ2) is 5.32. The van der Waals surface area contributed by atoms with E-state index >= 15 is 0 Å². The van der Waals surface area contributed by atoms with Gasteiger partial charge in [-0.25, -0.2) is 4.39 Å². The number of esters is 1. The number of carbonyl (C=O) groups excluding carboxylic acids is 1. The lowest BCUT2D eigenvalue weighted by molar-refractivity contribution is -0.385. The van der Waals surface area contributed by atoms with Crippen molar-refractivity contribution in [3.8, 4) is 0 Å². The average Bonchev–Trinajstić information content (AvgIpc) is 2.24. The fourth-order valence-electron chi connectivity index (χ4n) is 1.35. The molecular weight excluding hydrogens is 311 g/mol. The second-order valence-electron chi connectivity index (χ2n) is 4.00. The summed E-state index contributed by atoms with van der Waals surface area (Å²) in [6.45, 7) is 0.540. The summed E-state index contributed by atoms with van der Waals surface area (Å²) in [5.74, 6) is -10.4. The number of hydrogen-bond donors (Lipinski definition) is 0. The smallest absolute Gasteiger partial charge is 0.457 e. The molecule has 0 radical (unpaired) electrons. The molecule has 11 heteroatoms. The molecular formula is C9H9F9O2. The molecule has 0 fully saturated rings. The number of methoxy groups -OCH3 is 1. The van der Waals surface area contributed by atoms with Crippen molar-refractivity contribution in [1.82, 2.24) is 0 Å². The Morgan fingerprint density at radius 3 is 1.60 bits per heavy atom. The molecule has 0 rings (SSSR count). The van der Waals surface area contributed by atoms with Crippen LogP contribution in [0.3, 0.4) is 0 Å². The SMILES string of the molecule is COC(=O)C(C)CC(F)(C(F)(F)F)C(F)(F)C(F)(F)F. The first-order valence-electron chi connectivity index (χ1n) is 4.90. The lowest BCUT2D eigenvalue weighted by Gasteiger charge is -2.36. The van der Waals surface area contributed by atoms with Crippen molar-refractivity contribution in [1.29, 1.82) is 0 Å². The van der Waals surface area contributed by atoms with Crippen LogP contribution in [0.25, 0.3) is 0 Å². The molecule has 0 aromatic carbocycles. The standard InChI is InChI=1S/C9H9F9O2/c1-4(5(19)20-2)3-6(10,8(13,14)15)7(11,12)9(16,17)18/h4H,3H2,1-2H3. The predicted octanol–water partition coefficient (Wildman–Crippen LogP) is 3.65. The van der Waals surface area contributed by atoms with Crippen LogP contribution in [0.1, 0.15) is 13.3 Å². The predicted molar refractivity (Wildman–Crippen MR) is 46.7 cm³/mol. The van der Waals surface area contributed by atoms with E-state index in [1.807, 2.05) is 0 Å². The van der Waals surface area contributed by atoms with E-state index in [1.165, 1.54) is 0 Å². The summed E-state index contributed by atoms with van der Waals surface area (Å²) in [7, 11) is 0.661. The number of rotatable bonds is 4. The summed E-state index contributed by atoms with van der Waals surface area (Å²) in [6.07, 6.45) is -15.7. The van der Waals surface area contributed by atoms with E-state index in [2.05, 4.69) is 4.74 Å². The third-order valence-electron chi connectivity index (χ3n) is 2.49. The van der Waals surface area contributed by atoms with Gasteiger partial charge in [0.1, 0.15) is 0 Å². The minimum absolute atomic E-state index is 0.540. The van der Waals surface area contributed by atoms with Gasteiger partial charge < -0.3 is 4.74 Å². The fraction of sp³-hybridized carbons (Fsp3) is 0.889. The highest BCUT2D eigenvalue weighted by molar-refractivity contribution is 5.71. The summed E-state index contributed by atoms with van der Waals surface area (Å²) >= 11 is 0. The van der Waals surface area contributed by atoms with Gasteiger partial charge in [0.05, 0.1) is 13.0 Å². The number of alkyl halides is 9. The number of ether oxygens (including phenoxy) is 1. The van der Waals surface area contributed by atoms with Crippen LogP contribution in [0.2, 0.25) is 0 Å². The van der Waals surface area contributed by atoms with Crippen LogP contribution in [0.5, 0.6) is 0 Å². The van der Waals surface area contributed by atoms with Crippen LogP contribution in [0.4, 0.5) is 39.5 Å². The minimum atomic E-state index is -6.77. The zero-order chi connectivity index (χ0) is 16.6. The number of halogens is 9. The molecule has 0 heterocycles. The van der Waals surface area contributed by atoms with E-state index in [4.69, 9.17) is 0 Å². The van der Waals surface area contributed by atoms with E-state index in [-0.39, 0.29) is 0 Å². The lowest BCUT2D eigenvalue weighted by Crippen LogP contribution is -2.62. The van der Waals surface area contributed by atoms with Gasteiger partial charge in [0.2, 0.25) is 0 Å². The first kappa shape index (κ1) is 18.8. The average molecular weight is 320 g/mol. The zero-order valence-electron chi connectivity index (χ0n) is 10.0. The summed E-state index contributed by atoms with van der Waals surface area (Å²) in [4.78, 5) is 10.8. The Morgan fingerprint density at radius 1 is 0.950 bits per heavy atom. The summed E-state index contributed by atoms with van der Waals surface area (Å²) in [5.41, 5.74) is -5.94. The van der Waals surface area contributed by atoms with E-state index in [1.54, 1.807) is 0 Å². The largest absolute Gasteiger partial charge is 0.469 e. The van der Waals surface area contributed by atoms with Gasteiger partial charge in [-0.05, 0) is 0 Å². The summed E-state index contributed by atoms with van der Waals surface area (Å²) < 4.78 is 116. The third-order valence-corrected chi connectivity index (χ3v) is 2.49. The van der Waals surface area contributed by atoms with Crippen molar-refractivity contribution in [2.24, 2.45) is 5.92 Å². The van der Waals surface area contributed by atoms with Gasteiger partial charge in [0, 0.05) is 6.42 Å². The van der Waals surface area contributed by atoms with Crippen molar-refractivity contribution < 1.29 is 49.0 Å². The molecule has 0 spiro atoms. The van der Waals surface area contributed by atoms with Crippen LogP contribution in [-0.2, 0) is 9.53 Å². The maximum Gasteiger partial charge on any atom is 0.457 e. The van der Waals surface area contributed by atoms with Crippen LogP contribution in [0, 0.1) is 5.92 Å². The van der Waals surface area contributed by atoms with Gasteiger partial charge in [-0.1, -0.05) is 6.92 Å². The molecule has 2 unspecified atom stereocenters. The normalized spacial score (nSPS) is 18.4. The Balaban J connectivity index is 5.74. The van der Waals surface area contributed by atoms with Crippen LogP contribution in [0.15, 0.2) is 0 Å². The molecule has 0 saturated carbocycles. The number of carbonyl (C=O) groups is 1. The van der Waals surface area contributed by atoms with Gasteiger partial charge in [-0.3, -0.25) is 4.79 Å². The molecule has 0 aliphatic rings. The fourth-order valence-corrected chi connectivity index (χ4v) is 1.35. The summed E-state index contributed by atoms with van der Waals surface area (Å²) in [5, 5.41) is 0. The van der Waals surface area contributed by atoms with Gasteiger partial charge in [0.15, 0.2) is 0 Å². The number of hydrogen-bond acceptors (Lipinski definition) is 2. The van der Waals surface area contributed by atoms with Crippen molar-refractivity contribution in [2.45, 2.75) is 37.3 Å². The minimum Gasteiger partial charge on any atom is -0.469 e. The molecule has 0 bridgehead atoms. The maximum atomic E-state index is 13.5. The van der Waals surface area contributed by atoms with Gasteiger partial charge in [0.25, 0.3) is 5.67 Å². The van der Waals surface area contributed by atoms with Gasteiger partial charge in [-0.15, -0.1) is 0 Å². The van der Waals surface area contributed by atoms with Crippen LogP contribution >= 0.6 is 0 Å². The molecule has 0 aliphatic heterocycles. The zero-order valence-corrected chi connectivity index (χ0v) is 10.0. The van der Waals surface area contributed by atoms with E-state index in [9.17, 15) is 44.3 Å². The Morgan fingerprint density at radius 2 is 1.35 bits per heavy atom. The van der Waals surface area contributed by atoms with E-state index < -0.39 is 42.3 Å². The van der Waals surface area contributed by atoms with Gasteiger partial charge >= 0.3 is 24.2 Å². The Labute approximate surface area is 106 Å². The molecule has 120 valence electrons. The highest BCUT2D eigenvalue weighted by Crippen LogP contribution is 2.55. The molecule has 0 aromatic heterocycles. The van der Waals surface area contributed by atoms with Crippen LogP contribution in [-0.4, -0.2) is 37.0 Å². The van der Waals surface area contributed by atoms with Crippen molar-refractivity contribution >= 4 is 5.97 Å². The Hall–Kier alpha value is -1.16. The van der Waals surface area contributed by atoms with E-state index in [0.29, 0.717) is 14.0 Å². The first-order chi connectivity index (χ1) is 8.62. The highest BCUT2D eigenvalue weighted by Gasteiger charge is 2.81. The van der Waals surface area contributed by atoms with Crippen molar-refractivity contribution in [3.63, 3.8) is 0 Å². The topological polar surface area (TPSA) is 26.3 Å². The van der Waals surface area contributed by atoms with Crippen molar-refractivity contribution in [3.05, 3.63) is 0 Å². The third kappa shape index (κ3) is 3.11. The molecule has 0 N–H and O–H groups in total. The Bertz CT molecular complexity index is 359. The molecule has 0 aliphatic carbocycles. The van der Waals surface area contributed by atoms with Crippen molar-refractivity contribution in [2.75, 3.05) is 7.11 Å². The quantitative estimate of drug-likeness (QED) is 0.584. The summed E-state index contributed by atoms with van der Waals surface area (Å²) in [6, 6.07) is 0. The molecule has 20 heavy (non-hydrogen) atoms. The second-order valence-corrected chi connectivity index (χ2v) is 4.00. The molecule has 0 saturated heterocycles. The van der Waals surface area contributed by atoms with Gasteiger partial charge in [-0.2, -0.15) is 35.1 Å². The molecule has 2 atom stereocenters. The highest BCUT2D eigenvalue weighted by atomic mass is 19.4. The first-order valence-corrected chi connectivity index (χ1v) is 4.90. The molecule has 0 amide bonds. The van der Waals surface area contributed by atoms with E-state index in [0.717, 1.165) is 0 Å².